The van der Waals surface area contributed by atoms with Crippen molar-refractivity contribution >= 4 is 23.3 Å². The maximum atomic E-state index is 6.17. The average Bonchev–Trinajstić information content (AvgIpc) is 2.60. The van der Waals surface area contributed by atoms with Gasteiger partial charge in [0.05, 0.1) is 12.2 Å². The van der Waals surface area contributed by atoms with Gasteiger partial charge < -0.3 is 10.1 Å². The van der Waals surface area contributed by atoms with Crippen LogP contribution in [-0.4, -0.2) is 50.1 Å². The average molecular weight is 348 g/mol. The van der Waals surface area contributed by atoms with Gasteiger partial charge in [-0.25, -0.2) is 4.99 Å². The van der Waals surface area contributed by atoms with Crippen LogP contribution < -0.4 is 5.32 Å². The van der Waals surface area contributed by atoms with Crippen molar-refractivity contribution in [3.05, 3.63) is 29.3 Å². The zero-order valence-electron chi connectivity index (χ0n) is 15.4. The lowest BCUT2D eigenvalue weighted by Crippen LogP contribution is -2.36. The number of amidine groups is 1. The number of thioether (sulfide) groups is 1. The zero-order valence-corrected chi connectivity index (χ0v) is 16.2. The minimum absolute atomic E-state index is 0.0106. The zero-order chi connectivity index (χ0) is 17.5. The molecule has 1 aliphatic rings. The third kappa shape index (κ3) is 5.16. The lowest BCUT2D eigenvalue weighted by atomic mass is 10.1. The van der Waals surface area contributed by atoms with Crippen LogP contribution in [0.15, 0.2) is 33.1 Å². The Morgan fingerprint density at radius 2 is 2.04 bits per heavy atom. The standard InChI is InChI=1S/C19H29N3OS/c1-13-12-16(6-7-18(13)24-5)19(20-4)22-14(2)15(3)23-17-8-10-21-11-9-17/h6-7,12,15,17,21H,8-11H2,1-5H3/t15-/m1/s1. The summed E-state index contributed by atoms with van der Waals surface area (Å²) in [6, 6.07) is 6.39. The topological polar surface area (TPSA) is 46.0 Å². The smallest absolute Gasteiger partial charge is 0.154 e. The van der Waals surface area contributed by atoms with E-state index in [1.54, 1.807) is 18.8 Å². The second kappa shape index (κ2) is 9.35. The van der Waals surface area contributed by atoms with Crippen LogP contribution >= 0.6 is 11.8 Å². The minimum Gasteiger partial charge on any atom is -0.369 e. The van der Waals surface area contributed by atoms with Crippen LogP contribution in [-0.2, 0) is 4.74 Å². The molecule has 5 heteroatoms. The molecule has 0 aliphatic carbocycles. The molecule has 0 radical (unpaired) electrons. The quantitative estimate of drug-likeness (QED) is 0.502. The third-order valence-electron chi connectivity index (χ3n) is 4.42. The normalized spacial score (nSPS) is 18.7. The van der Waals surface area contributed by atoms with Crippen LogP contribution in [0.5, 0.6) is 0 Å². The molecule has 0 amide bonds. The first-order chi connectivity index (χ1) is 11.5. The number of nitrogens with zero attached hydrogens (tertiary/aromatic N) is 2. The summed E-state index contributed by atoms with van der Waals surface area (Å²) in [5.41, 5.74) is 3.29. The lowest BCUT2D eigenvalue weighted by Gasteiger charge is -2.26. The van der Waals surface area contributed by atoms with E-state index in [1.165, 1.54) is 10.5 Å². The van der Waals surface area contributed by atoms with Crippen LogP contribution in [0.1, 0.15) is 37.8 Å². The first-order valence-electron chi connectivity index (χ1n) is 8.58. The van der Waals surface area contributed by atoms with Gasteiger partial charge >= 0.3 is 0 Å². The Labute approximate surface area is 150 Å². The highest BCUT2D eigenvalue weighted by Gasteiger charge is 2.18. The summed E-state index contributed by atoms with van der Waals surface area (Å²) in [6.07, 6.45) is 4.58. The van der Waals surface area contributed by atoms with Crippen molar-refractivity contribution in [2.24, 2.45) is 9.98 Å². The Hall–Kier alpha value is -1.17. The fourth-order valence-corrected chi connectivity index (χ4v) is 3.42. The number of hydrogen-bond donors (Lipinski definition) is 1. The van der Waals surface area contributed by atoms with E-state index in [0.29, 0.717) is 6.10 Å². The SMILES string of the molecule is CN=C(N=C(C)[C@@H](C)OC1CCNCC1)c1ccc(SC)c(C)c1. The van der Waals surface area contributed by atoms with E-state index in [1.807, 2.05) is 6.92 Å². The molecule has 0 bridgehead atoms. The van der Waals surface area contributed by atoms with E-state index in [9.17, 15) is 0 Å². The third-order valence-corrected chi connectivity index (χ3v) is 5.32. The van der Waals surface area contributed by atoms with Gasteiger partial charge in [-0.2, -0.15) is 0 Å². The molecule has 1 N–H and O–H groups in total. The van der Waals surface area contributed by atoms with E-state index in [0.717, 1.165) is 43.0 Å². The molecule has 4 nitrogen and oxygen atoms in total. The maximum absolute atomic E-state index is 6.17. The van der Waals surface area contributed by atoms with Gasteiger partial charge in [-0.3, -0.25) is 4.99 Å². The molecule has 0 spiro atoms. The molecule has 0 unspecified atom stereocenters. The van der Waals surface area contributed by atoms with Crippen molar-refractivity contribution in [1.29, 1.82) is 0 Å². The Bertz CT molecular complexity index is 607. The Balaban J connectivity index is 2.09. The van der Waals surface area contributed by atoms with Crippen molar-refractivity contribution in [2.75, 3.05) is 26.4 Å². The Kier molecular flexibility index (Phi) is 7.46. The van der Waals surface area contributed by atoms with E-state index >= 15 is 0 Å². The number of ether oxygens (including phenoxy) is 1. The highest BCUT2D eigenvalue weighted by atomic mass is 32.2. The lowest BCUT2D eigenvalue weighted by molar-refractivity contribution is 0.0140. The van der Waals surface area contributed by atoms with Gasteiger partial charge in [0, 0.05) is 23.2 Å². The summed E-state index contributed by atoms with van der Waals surface area (Å²) in [6.45, 7) is 8.31. The van der Waals surface area contributed by atoms with Crippen LogP contribution in [0.3, 0.4) is 0 Å². The van der Waals surface area contributed by atoms with Gasteiger partial charge in [0.2, 0.25) is 0 Å². The van der Waals surface area contributed by atoms with Gasteiger partial charge in [-0.15, -0.1) is 11.8 Å². The Morgan fingerprint density at radius 3 is 2.62 bits per heavy atom. The van der Waals surface area contributed by atoms with Crippen LogP contribution in [0.4, 0.5) is 0 Å². The van der Waals surface area contributed by atoms with E-state index in [2.05, 4.69) is 48.6 Å². The fourth-order valence-electron chi connectivity index (χ4n) is 2.84. The monoisotopic (exact) mass is 347 g/mol. The number of benzene rings is 1. The first kappa shape index (κ1) is 19.2. The molecule has 0 aromatic heterocycles. The second-order valence-corrected chi connectivity index (χ2v) is 7.06. The largest absolute Gasteiger partial charge is 0.369 e. The number of rotatable bonds is 5. The summed E-state index contributed by atoms with van der Waals surface area (Å²) < 4.78 is 6.17. The predicted octanol–water partition coefficient (Wildman–Crippen LogP) is 3.71. The summed E-state index contributed by atoms with van der Waals surface area (Å²) >= 11 is 1.76. The molecule has 1 aromatic carbocycles. The highest BCUT2D eigenvalue weighted by Crippen LogP contribution is 2.21. The number of piperidine rings is 1. The van der Waals surface area contributed by atoms with Crippen LogP contribution in [0, 0.1) is 6.92 Å². The highest BCUT2D eigenvalue weighted by molar-refractivity contribution is 7.98. The molecule has 1 aromatic rings. The van der Waals surface area contributed by atoms with E-state index < -0.39 is 0 Å². The first-order valence-corrected chi connectivity index (χ1v) is 9.80. The summed E-state index contributed by atoms with van der Waals surface area (Å²) in [5, 5.41) is 3.36. The molecule has 1 heterocycles. The molecule has 1 aliphatic heterocycles. The molecular formula is C19H29N3OS. The number of aliphatic imine (C=N–C) groups is 2. The van der Waals surface area contributed by atoms with E-state index in [-0.39, 0.29) is 6.10 Å². The van der Waals surface area contributed by atoms with Crippen LogP contribution in [0.2, 0.25) is 0 Å². The summed E-state index contributed by atoms with van der Waals surface area (Å²) in [7, 11) is 1.79. The Morgan fingerprint density at radius 1 is 1.33 bits per heavy atom. The number of nitrogens with one attached hydrogen (secondary N) is 1. The number of aryl methyl sites for hydroxylation is 1. The molecule has 0 saturated carbocycles. The van der Waals surface area contributed by atoms with Crippen molar-refractivity contribution in [2.45, 2.75) is 50.7 Å². The van der Waals surface area contributed by atoms with Crippen molar-refractivity contribution in [1.82, 2.24) is 5.32 Å². The predicted molar refractivity (Wildman–Crippen MR) is 105 cm³/mol. The van der Waals surface area contributed by atoms with Crippen molar-refractivity contribution in [3.8, 4) is 0 Å². The molecule has 1 fully saturated rings. The van der Waals surface area contributed by atoms with Gasteiger partial charge in [0.1, 0.15) is 0 Å². The molecule has 2 rings (SSSR count). The van der Waals surface area contributed by atoms with Gasteiger partial charge in [0.25, 0.3) is 0 Å². The number of hydrogen-bond acceptors (Lipinski definition) is 4. The van der Waals surface area contributed by atoms with Gasteiger partial charge in [0.15, 0.2) is 5.84 Å². The van der Waals surface area contributed by atoms with Crippen molar-refractivity contribution in [3.63, 3.8) is 0 Å². The molecule has 132 valence electrons. The molecule has 24 heavy (non-hydrogen) atoms. The minimum atomic E-state index is 0.0106. The van der Waals surface area contributed by atoms with Gasteiger partial charge in [-0.05, 0) is 70.7 Å². The summed E-state index contributed by atoms with van der Waals surface area (Å²) in [4.78, 5) is 10.4. The molecule has 1 atom stereocenters. The second-order valence-electron chi connectivity index (χ2n) is 6.21. The molecule has 1 saturated heterocycles. The molecular weight excluding hydrogens is 318 g/mol. The van der Waals surface area contributed by atoms with Crippen LogP contribution in [0.25, 0.3) is 0 Å². The fraction of sp³-hybridized carbons (Fsp3) is 0.579. The maximum Gasteiger partial charge on any atom is 0.154 e. The van der Waals surface area contributed by atoms with E-state index in [4.69, 9.17) is 9.73 Å². The van der Waals surface area contributed by atoms with Gasteiger partial charge in [-0.1, -0.05) is 6.07 Å². The van der Waals surface area contributed by atoms with Crippen molar-refractivity contribution < 1.29 is 4.74 Å². The summed E-state index contributed by atoms with van der Waals surface area (Å²) in [5.74, 6) is 0.768.